The topological polar surface area (TPSA) is 47.0 Å². The van der Waals surface area contributed by atoms with E-state index in [4.69, 9.17) is 0 Å². The van der Waals surface area contributed by atoms with Crippen LogP contribution in [-0.4, -0.2) is 92.4 Å². The van der Waals surface area contributed by atoms with Crippen LogP contribution in [0.5, 0.6) is 0 Å². The summed E-state index contributed by atoms with van der Waals surface area (Å²) in [6.45, 7) is 24.9. The van der Waals surface area contributed by atoms with E-state index in [9.17, 15) is 0 Å². The number of aliphatic imine (C=N–C) groups is 1. The van der Waals surface area contributed by atoms with Crippen LogP contribution in [0.3, 0.4) is 0 Å². The number of thiazole rings is 1. The van der Waals surface area contributed by atoms with Crippen molar-refractivity contribution in [1.82, 2.24) is 25.0 Å². The molecule has 0 bridgehead atoms. The van der Waals surface area contributed by atoms with Gasteiger partial charge in [-0.3, -0.25) is 14.8 Å². The van der Waals surface area contributed by atoms with Crippen molar-refractivity contribution in [1.29, 1.82) is 0 Å². The van der Waals surface area contributed by atoms with Gasteiger partial charge >= 0.3 is 0 Å². The van der Waals surface area contributed by atoms with E-state index in [0.29, 0.717) is 18.0 Å². The highest BCUT2D eigenvalue weighted by Gasteiger charge is 2.27. The van der Waals surface area contributed by atoms with Crippen LogP contribution in [-0.2, 0) is 6.54 Å². The molecule has 1 saturated heterocycles. The van der Waals surface area contributed by atoms with Crippen LogP contribution in [0.15, 0.2) is 40.0 Å². The molecule has 0 saturated carbocycles. The summed E-state index contributed by atoms with van der Waals surface area (Å²) in [5.74, 6) is 0. The SMILES string of the molecule is C=NC/C(C(=C)CCC)=C(/CN1CCN(C)C(CN(C)CC(C)(C)C)C1)NCc1nccs1. The van der Waals surface area contributed by atoms with Gasteiger partial charge in [-0.15, -0.1) is 11.3 Å². The molecule has 1 aromatic heterocycles. The van der Waals surface area contributed by atoms with Crippen LogP contribution >= 0.6 is 11.3 Å². The lowest BCUT2D eigenvalue weighted by Crippen LogP contribution is -2.56. The molecule has 1 aromatic rings. The Morgan fingerprint density at radius 2 is 2.12 bits per heavy atom. The molecule has 6 nitrogen and oxygen atoms in total. The maximum atomic E-state index is 4.45. The van der Waals surface area contributed by atoms with Crippen LogP contribution in [0.1, 0.15) is 45.5 Å². The molecular weight excluding hydrogens is 428 g/mol. The normalized spacial score (nSPS) is 18.9. The second kappa shape index (κ2) is 13.4. The minimum atomic E-state index is 0.309. The summed E-state index contributed by atoms with van der Waals surface area (Å²) >= 11 is 1.69. The van der Waals surface area contributed by atoms with Crippen molar-refractivity contribution in [3.63, 3.8) is 0 Å². The van der Waals surface area contributed by atoms with Gasteiger partial charge in [-0.1, -0.05) is 40.7 Å². The number of piperazine rings is 1. The monoisotopic (exact) mass is 474 g/mol. The summed E-state index contributed by atoms with van der Waals surface area (Å²) in [4.78, 5) is 16.3. The molecule has 0 spiro atoms. The van der Waals surface area contributed by atoms with Crippen molar-refractivity contribution < 1.29 is 0 Å². The molecule has 33 heavy (non-hydrogen) atoms. The van der Waals surface area contributed by atoms with Gasteiger partial charge in [0.25, 0.3) is 0 Å². The predicted octanol–water partition coefficient (Wildman–Crippen LogP) is 4.14. The fourth-order valence-corrected chi connectivity index (χ4v) is 5.13. The minimum Gasteiger partial charge on any atom is -0.380 e. The van der Waals surface area contributed by atoms with Gasteiger partial charge in [0.1, 0.15) is 5.01 Å². The van der Waals surface area contributed by atoms with Gasteiger partial charge in [0.05, 0.1) is 13.1 Å². The number of hydrogen-bond donors (Lipinski definition) is 1. The van der Waals surface area contributed by atoms with Crippen molar-refractivity contribution in [3.05, 3.63) is 40.0 Å². The summed E-state index contributed by atoms with van der Waals surface area (Å²) < 4.78 is 0. The molecule has 1 aliphatic rings. The Labute approximate surface area is 206 Å². The number of likely N-dealkylation sites (N-methyl/N-ethyl adjacent to an activating group) is 2. The second-order valence-corrected chi connectivity index (χ2v) is 11.6. The first-order chi connectivity index (χ1) is 15.6. The van der Waals surface area contributed by atoms with Crippen molar-refractivity contribution in [3.8, 4) is 0 Å². The zero-order valence-corrected chi connectivity index (χ0v) is 22.7. The summed E-state index contributed by atoms with van der Waals surface area (Å²) in [6, 6.07) is 0.520. The van der Waals surface area contributed by atoms with Gasteiger partial charge in [-0.2, -0.15) is 0 Å². The average molecular weight is 475 g/mol. The van der Waals surface area contributed by atoms with Gasteiger partial charge in [0, 0.05) is 62.6 Å². The van der Waals surface area contributed by atoms with Gasteiger partial charge < -0.3 is 10.2 Å². The van der Waals surface area contributed by atoms with E-state index in [1.54, 1.807) is 11.3 Å². The van der Waals surface area contributed by atoms with Crippen LogP contribution in [0, 0.1) is 5.41 Å². The number of aromatic nitrogens is 1. The molecule has 186 valence electrons. The second-order valence-electron chi connectivity index (χ2n) is 10.6. The van der Waals surface area contributed by atoms with Crippen molar-refractivity contribution in [2.45, 2.75) is 53.1 Å². The van der Waals surface area contributed by atoms with E-state index < -0.39 is 0 Å². The van der Waals surface area contributed by atoms with Crippen molar-refractivity contribution in [2.75, 3.05) is 59.9 Å². The first-order valence-electron chi connectivity index (χ1n) is 12.2. The summed E-state index contributed by atoms with van der Waals surface area (Å²) in [6.07, 6.45) is 3.93. The first-order valence-corrected chi connectivity index (χ1v) is 13.1. The lowest BCUT2D eigenvalue weighted by Gasteiger charge is -2.42. The Balaban J connectivity index is 2.16. The van der Waals surface area contributed by atoms with Crippen molar-refractivity contribution in [2.24, 2.45) is 10.4 Å². The lowest BCUT2D eigenvalue weighted by molar-refractivity contribution is 0.0712. The number of rotatable bonds is 13. The Kier molecular flexibility index (Phi) is 11.2. The fraction of sp³-hybridized carbons (Fsp3) is 0.692. The molecule has 1 N–H and O–H groups in total. The van der Waals surface area contributed by atoms with E-state index >= 15 is 0 Å². The number of hydrogen-bond acceptors (Lipinski definition) is 7. The van der Waals surface area contributed by atoms with Gasteiger partial charge in [0.2, 0.25) is 0 Å². The Morgan fingerprint density at radius 3 is 2.73 bits per heavy atom. The molecule has 1 fully saturated rings. The average Bonchev–Trinajstić information content (AvgIpc) is 3.24. The minimum absolute atomic E-state index is 0.309. The highest BCUT2D eigenvalue weighted by Crippen LogP contribution is 2.21. The zero-order valence-electron chi connectivity index (χ0n) is 21.9. The molecule has 1 atom stereocenters. The van der Waals surface area contributed by atoms with Crippen LogP contribution < -0.4 is 5.32 Å². The molecule has 1 aliphatic heterocycles. The maximum Gasteiger partial charge on any atom is 0.112 e. The zero-order chi connectivity index (χ0) is 24.4. The first kappa shape index (κ1) is 27.7. The highest BCUT2D eigenvalue weighted by molar-refractivity contribution is 7.09. The van der Waals surface area contributed by atoms with Crippen LogP contribution in [0.25, 0.3) is 0 Å². The third-order valence-electron chi connectivity index (χ3n) is 6.06. The molecular formula is C26H46N6S. The predicted molar refractivity (Wildman–Crippen MR) is 144 cm³/mol. The van der Waals surface area contributed by atoms with Crippen LogP contribution in [0.4, 0.5) is 0 Å². The standard InChI is InChI=1S/C26H46N6S/c1-9-10-21(2)23(15-27-6)24(29-16-25-28-11-14-33-25)19-32-13-12-31(8)22(18-32)17-30(7)20-26(3,4)5/h11,14,22,29H,2,6,9-10,12-13,15-20H2,1,3-5,7-8H3/b24-23+. The van der Waals surface area contributed by atoms with E-state index in [1.807, 2.05) is 11.6 Å². The molecule has 7 heteroatoms. The molecule has 2 rings (SSSR count). The Morgan fingerprint density at radius 1 is 1.36 bits per heavy atom. The van der Waals surface area contributed by atoms with E-state index in [2.05, 4.69) is 85.1 Å². The Hall–Kier alpha value is -1.54. The van der Waals surface area contributed by atoms with E-state index in [1.165, 1.54) is 16.8 Å². The number of nitrogens with one attached hydrogen (secondary N) is 1. The summed E-state index contributed by atoms with van der Waals surface area (Å²) in [5.41, 5.74) is 3.91. The molecule has 1 unspecified atom stereocenters. The smallest absolute Gasteiger partial charge is 0.112 e. The third kappa shape index (κ3) is 9.69. The number of nitrogens with zero attached hydrogens (tertiary/aromatic N) is 5. The van der Waals surface area contributed by atoms with Gasteiger partial charge in [-0.25, -0.2) is 4.98 Å². The molecule has 0 aliphatic carbocycles. The quantitative estimate of drug-likeness (QED) is 0.344. The highest BCUT2D eigenvalue weighted by atomic mass is 32.1. The van der Waals surface area contributed by atoms with E-state index in [-0.39, 0.29) is 0 Å². The summed E-state index contributed by atoms with van der Waals surface area (Å²) in [7, 11) is 4.52. The lowest BCUT2D eigenvalue weighted by atomic mass is 9.96. The molecule has 2 heterocycles. The van der Waals surface area contributed by atoms with Gasteiger partial charge in [0.15, 0.2) is 0 Å². The maximum absolute atomic E-state index is 4.45. The van der Waals surface area contributed by atoms with Gasteiger partial charge in [-0.05, 0) is 43.8 Å². The summed E-state index contributed by atoms with van der Waals surface area (Å²) in [5, 5.41) is 6.83. The van der Waals surface area contributed by atoms with E-state index in [0.717, 1.165) is 63.7 Å². The molecule has 0 amide bonds. The molecule has 0 aromatic carbocycles. The largest absolute Gasteiger partial charge is 0.380 e. The third-order valence-corrected chi connectivity index (χ3v) is 6.84. The van der Waals surface area contributed by atoms with Crippen LogP contribution in [0.2, 0.25) is 0 Å². The van der Waals surface area contributed by atoms with Crippen molar-refractivity contribution >= 4 is 18.1 Å². The molecule has 0 radical (unpaired) electrons. The Bertz CT molecular complexity index is 764. The fourth-order valence-electron chi connectivity index (χ4n) is 4.57.